The Balaban J connectivity index is 2.96. The van der Waals surface area contributed by atoms with E-state index in [0.29, 0.717) is 5.56 Å². The summed E-state index contributed by atoms with van der Waals surface area (Å²) >= 11 is 0. The smallest absolute Gasteiger partial charge is 0.313 e. The fourth-order valence-corrected chi connectivity index (χ4v) is 1.26. The Bertz CT molecular complexity index is 413. The quantitative estimate of drug-likeness (QED) is 0.390. The highest BCUT2D eigenvalue weighted by atomic mass is 16.6. The zero-order valence-electron chi connectivity index (χ0n) is 8.64. The molecule has 1 rings (SSSR count). The maximum atomic E-state index is 10.7. The fraction of sp³-hybridized carbons (Fsp3) is 0.222. The van der Waals surface area contributed by atoms with Gasteiger partial charge < -0.3 is 16.8 Å². The van der Waals surface area contributed by atoms with E-state index in [1.165, 1.54) is 24.3 Å². The molecule has 0 fully saturated rings. The number of hydrogen-bond acceptors (Lipinski definition) is 4. The van der Waals surface area contributed by atoms with E-state index in [-0.39, 0.29) is 5.69 Å². The van der Waals surface area contributed by atoms with E-state index in [1.807, 2.05) is 0 Å². The van der Waals surface area contributed by atoms with E-state index in [9.17, 15) is 14.9 Å². The van der Waals surface area contributed by atoms with Crippen molar-refractivity contribution in [2.75, 3.05) is 0 Å². The predicted molar refractivity (Wildman–Crippen MR) is 57.4 cm³/mol. The van der Waals surface area contributed by atoms with Crippen LogP contribution in [0.2, 0.25) is 0 Å². The lowest BCUT2D eigenvalue weighted by Crippen LogP contribution is -2.52. The van der Waals surface area contributed by atoms with Crippen LogP contribution in [0.1, 0.15) is 12.5 Å². The summed E-state index contributed by atoms with van der Waals surface area (Å²) in [6.07, 6.45) is 0. The number of nitrogens with two attached hydrogens (primary N) is 2. The molecule has 1 unspecified atom stereocenters. The van der Waals surface area contributed by atoms with Crippen LogP contribution in [0.4, 0.5) is 10.5 Å². The zero-order chi connectivity index (χ0) is 12.3. The van der Waals surface area contributed by atoms with Gasteiger partial charge in [-0.3, -0.25) is 10.1 Å². The number of nitrogens with one attached hydrogen (secondary N) is 1. The number of carbonyl (C=O) groups is 1. The summed E-state index contributed by atoms with van der Waals surface area (Å²) in [5.41, 5.74) is 10.1. The Labute approximate surface area is 91.6 Å². The minimum absolute atomic E-state index is 0.0429. The molecular weight excluding hydrogens is 212 g/mol. The molecule has 0 aliphatic rings. The summed E-state index contributed by atoms with van der Waals surface area (Å²) in [6.45, 7) is 1.54. The maximum absolute atomic E-state index is 10.7. The Morgan fingerprint density at radius 3 is 2.31 bits per heavy atom. The molecule has 2 amide bonds. The van der Waals surface area contributed by atoms with Crippen molar-refractivity contribution >= 4 is 11.7 Å². The molecule has 1 atom stereocenters. The monoisotopic (exact) mass is 224 g/mol. The number of rotatable bonds is 3. The van der Waals surface area contributed by atoms with Gasteiger partial charge in [0.05, 0.1) is 4.92 Å². The third-order valence-electron chi connectivity index (χ3n) is 2.06. The highest BCUT2D eigenvalue weighted by molar-refractivity contribution is 5.72. The minimum atomic E-state index is -1.15. The molecule has 1 aromatic carbocycles. The fourth-order valence-electron chi connectivity index (χ4n) is 1.26. The van der Waals surface area contributed by atoms with Crippen LogP contribution in [0, 0.1) is 10.1 Å². The number of primary amides is 1. The van der Waals surface area contributed by atoms with Gasteiger partial charge in [0.15, 0.2) is 0 Å². The van der Waals surface area contributed by atoms with Crippen molar-refractivity contribution in [3.05, 3.63) is 39.9 Å². The van der Waals surface area contributed by atoms with Gasteiger partial charge >= 0.3 is 6.03 Å². The molecule has 0 aromatic heterocycles. The van der Waals surface area contributed by atoms with E-state index in [0.717, 1.165) is 0 Å². The number of nitro benzene ring substituents is 1. The summed E-state index contributed by atoms with van der Waals surface area (Å²) in [5, 5.41) is 12.8. The number of non-ortho nitro benzene ring substituents is 1. The highest BCUT2D eigenvalue weighted by Gasteiger charge is 2.22. The first-order valence-electron chi connectivity index (χ1n) is 4.44. The molecule has 0 heterocycles. The normalized spacial score (nSPS) is 13.9. The predicted octanol–water partition coefficient (Wildman–Crippen LogP) is 0.395. The van der Waals surface area contributed by atoms with Crippen LogP contribution in [0.25, 0.3) is 0 Å². The number of hydrogen-bond donors (Lipinski definition) is 3. The van der Waals surface area contributed by atoms with Gasteiger partial charge in [0.1, 0.15) is 5.66 Å². The van der Waals surface area contributed by atoms with Crippen LogP contribution >= 0.6 is 0 Å². The number of carbonyl (C=O) groups excluding carboxylic acids is 1. The standard InChI is InChI=1S/C9H12N4O3/c1-9(11,12-8(10)14)6-2-4-7(5-3-6)13(15)16/h2-5H,11H2,1H3,(H3,10,12,14). The lowest BCUT2D eigenvalue weighted by molar-refractivity contribution is -0.384. The molecule has 0 saturated carbocycles. The zero-order valence-corrected chi connectivity index (χ0v) is 8.64. The second-order valence-electron chi connectivity index (χ2n) is 3.50. The highest BCUT2D eigenvalue weighted by Crippen LogP contribution is 2.18. The Kier molecular flexibility index (Phi) is 3.09. The van der Waals surface area contributed by atoms with Crippen molar-refractivity contribution in [2.24, 2.45) is 11.5 Å². The molecule has 0 aliphatic heterocycles. The van der Waals surface area contributed by atoms with E-state index < -0.39 is 16.6 Å². The van der Waals surface area contributed by atoms with Crippen molar-refractivity contribution in [1.29, 1.82) is 0 Å². The van der Waals surface area contributed by atoms with Gasteiger partial charge in [0.25, 0.3) is 5.69 Å². The van der Waals surface area contributed by atoms with Crippen LogP contribution in [0.3, 0.4) is 0 Å². The van der Waals surface area contributed by atoms with E-state index in [2.05, 4.69) is 5.32 Å². The molecular formula is C9H12N4O3. The van der Waals surface area contributed by atoms with Crippen molar-refractivity contribution in [1.82, 2.24) is 5.32 Å². The van der Waals surface area contributed by atoms with Crippen molar-refractivity contribution in [2.45, 2.75) is 12.6 Å². The molecule has 0 spiro atoms. The van der Waals surface area contributed by atoms with Gasteiger partial charge in [-0.2, -0.15) is 0 Å². The molecule has 86 valence electrons. The first kappa shape index (κ1) is 11.9. The van der Waals surface area contributed by atoms with Crippen LogP contribution in [0.15, 0.2) is 24.3 Å². The second kappa shape index (κ2) is 4.15. The third-order valence-corrected chi connectivity index (χ3v) is 2.06. The SMILES string of the molecule is CC(N)(NC(N)=O)c1ccc([N+](=O)[O-])cc1. The minimum Gasteiger partial charge on any atom is -0.352 e. The lowest BCUT2D eigenvalue weighted by atomic mass is 10.0. The van der Waals surface area contributed by atoms with E-state index in [1.54, 1.807) is 6.92 Å². The van der Waals surface area contributed by atoms with Crippen molar-refractivity contribution < 1.29 is 9.72 Å². The van der Waals surface area contributed by atoms with Gasteiger partial charge in [0, 0.05) is 12.1 Å². The molecule has 7 heteroatoms. The molecule has 0 bridgehead atoms. The Hall–Kier alpha value is -2.15. The van der Waals surface area contributed by atoms with Crippen LogP contribution in [-0.4, -0.2) is 11.0 Å². The average Bonchev–Trinajstić information content (AvgIpc) is 2.16. The van der Waals surface area contributed by atoms with Crippen LogP contribution in [-0.2, 0) is 5.66 Å². The Morgan fingerprint density at radius 1 is 1.44 bits per heavy atom. The van der Waals surface area contributed by atoms with Gasteiger partial charge in [-0.15, -0.1) is 0 Å². The van der Waals surface area contributed by atoms with Gasteiger partial charge in [0.2, 0.25) is 0 Å². The second-order valence-corrected chi connectivity index (χ2v) is 3.50. The summed E-state index contributed by atoms with van der Waals surface area (Å²) < 4.78 is 0. The molecule has 16 heavy (non-hydrogen) atoms. The molecule has 5 N–H and O–H groups in total. The van der Waals surface area contributed by atoms with Crippen molar-refractivity contribution in [3.63, 3.8) is 0 Å². The van der Waals surface area contributed by atoms with Gasteiger partial charge in [-0.1, -0.05) is 0 Å². The first-order chi connectivity index (χ1) is 7.33. The number of amides is 2. The number of nitrogens with zero attached hydrogens (tertiary/aromatic N) is 1. The summed E-state index contributed by atoms with van der Waals surface area (Å²) in [5.74, 6) is 0. The van der Waals surface area contributed by atoms with Crippen LogP contribution in [0.5, 0.6) is 0 Å². The molecule has 0 saturated heterocycles. The summed E-state index contributed by atoms with van der Waals surface area (Å²) in [4.78, 5) is 20.6. The van der Waals surface area contributed by atoms with E-state index in [4.69, 9.17) is 11.5 Å². The summed E-state index contributed by atoms with van der Waals surface area (Å²) in [6, 6.07) is 4.79. The lowest BCUT2D eigenvalue weighted by Gasteiger charge is -2.25. The van der Waals surface area contributed by atoms with Crippen LogP contribution < -0.4 is 16.8 Å². The molecule has 1 aromatic rings. The molecule has 7 nitrogen and oxygen atoms in total. The van der Waals surface area contributed by atoms with Gasteiger partial charge in [-0.25, -0.2) is 4.79 Å². The average molecular weight is 224 g/mol. The van der Waals surface area contributed by atoms with Crippen molar-refractivity contribution in [3.8, 4) is 0 Å². The first-order valence-corrected chi connectivity index (χ1v) is 4.44. The number of benzene rings is 1. The van der Waals surface area contributed by atoms with E-state index >= 15 is 0 Å². The number of urea groups is 1. The molecule has 0 radical (unpaired) electrons. The molecule has 0 aliphatic carbocycles. The Morgan fingerprint density at radius 2 is 1.94 bits per heavy atom. The summed E-state index contributed by atoms with van der Waals surface area (Å²) in [7, 11) is 0. The number of nitro groups is 1. The van der Waals surface area contributed by atoms with Gasteiger partial charge in [-0.05, 0) is 24.6 Å². The maximum Gasteiger partial charge on any atom is 0.313 e. The largest absolute Gasteiger partial charge is 0.352 e. The third kappa shape index (κ3) is 2.67. The topological polar surface area (TPSA) is 124 Å².